The molecule has 1 unspecified atom stereocenters. The Bertz CT molecular complexity index is 337. The second kappa shape index (κ2) is 6.44. The van der Waals surface area contributed by atoms with Crippen molar-refractivity contribution >= 4 is 5.97 Å². The highest BCUT2D eigenvalue weighted by Gasteiger charge is 2.34. The molecule has 1 saturated heterocycles. The van der Waals surface area contributed by atoms with Crippen LogP contribution in [0.25, 0.3) is 0 Å². The highest BCUT2D eigenvalue weighted by atomic mass is 16.6. The zero-order valence-electron chi connectivity index (χ0n) is 13.3. The van der Waals surface area contributed by atoms with Crippen molar-refractivity contribution in [2.24, 2.45) is 11.8 Å². The van der Waals surface area contributed by atoms with Gasteiger partial charge in [0.2, 0.25) is 0 Å². The van der Waals surface area contributed by atoms with E-state index in [1.54, 1.807) is 0 Å². The van der Waals surface area contributed by atoms with E-state index in [9.17, 15) is 4.79 Å². The lowest BCUT2D eigenvalue weighted by Gasteiger charge is -2.32. The average molecular weight is 283 g/mol. The van der Waals surface area contributed by atoms with Crippen molar-refractivity contribution in [2.45, 2.75) is 71.1 Å². The molecule has 20 heavy (non-hydrogen) atoms. The van der Waals surface area contributed by atoms with Gasteiger partial charge >= 0.3 is 5.97 Å². The summed E-state index contributed by atoms with van der Waals surface area (Å²) < 4.78 is 11.0. The minimum Gasteiger partial charge on any atom is -0.460 e. The monoisotopic (exact) mass is 283 g/mol. The summed E-state index contributed by atoms with van der Waals surface area (Å²) in [5.74, 6) is 0.605. The van der Waals surface area contributed by atoms with Crippen molar-refractivity contribution in [1.29, 1.82) is 0 Å². The van der Waals surface area contributed by atoms with Gasteiger partial charge in [0.1, 0.15) is 5.60 Å². The minimum absolute atomic E-state index is 0.0261. The summed E-state index contributed by atoms with van der Waals surface area (Å²) in [6, 6.07) is 0.990. The molecule has 0 bridgehead atoms. The molecule has 4 heteroatoms. The van der Waals surface area contributed by atoms with Gasteiger partial charge in [-0.25, -0.2) is 0 Å². The number of rotatable bonds is 3. The molecular weight excluding hydrogens is 254 g/mol. The molecule has 0 aromatic heterocycles. The predicted molar refractivity (Wildman–Crippen MR) is 78.5 cm³/mol. The zero-order chi connectivity index (χ0) is 14.8. The molecule has 0 aromatic rings. The molecule has 116 valence electrons. The maximum absolute atomic E-state index is 12.1. The van der Waals surface area contributed by atoms with Crippen LogP contribution in [0.1, 0.15) is 53.4 Å². The fraction of sp³-hybridized carbons (Fsp3) is 0.938. The number of hydrogen-bond donors (Lipinski definition) is 1. The maximum Gasteiger partial charge on any atom is 0.309 e. The maximum atomic E-state index is 12.1. The van der Waals surface area contributed by atoms with Crippen LogP contribution in [-0.4, -0.2) is 36.9 Å². The van der Waals surface area contributed by atoms with E-state index >= 15 is 0 Å². The van der Waals surface area contributed by atoms with Gasteiger partial charge in [-0.3, -0.25) is 4.79 Å². The standard InChI is InChI=1S/C16H29NO3/c1-11-10-19-8-7-14(11)17-13-6-5-12(9-13)15(18)20-16(2,3)4/h11-14,17H,5-10H2,1-4H3/t11-,12+,13?,14+/m1/s1. The summed E-state index contributed by atoms with van der Waals surface area (Å²) in [4.78, 5) is 12.1. The van der Waals surface area contributed by atoms with Gasteiger partial charge in [0.05, 0.1) is 12.5 Å². The largest absolute Gasteiger partial charge is 0.460 e. The molecule has 1 aliphatic carbocycles. The number of carbonyl (C=O) groups excluding carboxylic acids is 1. The first-order chi connectivity index (χ1) is 9.35. The van der Waals surface area contributed by atoms with Gasteiger partial charge in [-0.2, -0.15) is 0 Å². The molecule has 4 atom stereocenters. The molecular formula is C16H29NO3. The van der Waals surface area contributed by atoms with E-state index in [1.807, 2.05) is 20.8 Å². The second-order valence-corrected chi connectivity index (χ2v) is 7.35. The smallest absolute Gasteiger partial charge is 0.309 e. The molecule has 0 amide bonds. The number of ether oxygens (including phenoxy) is 2. The lowest BCUT2D eigenvalue weighted by atomic mass is 9.96. The molecule has 0 aromatic carbocycles. The molecule has 1 heterocycles. The number of nitrogens with one attached hydrogen (secondary N) is 1. The molecule has 4 nitrogen and oxygen atoms in total. The molecule has 1 saturated carbocycles. The van der Waals surface area contributed by atoms with Crippen LogP contribution < -0.4 is 5.32 Å². The van der Waals surface area contributed by atoms with Crippen LogP contribution in [0.2, 0.25) is 0 Å². The van der Waals surface area contributed by atoms with Gasteiger partial charge in [0.15, 0.2) is 0 Å². The Hall–Kier alpha value is -0.610. The first kappa shape index (κ1) is 15.8. The van der Waals surface area contributed by atoms with E-state index in [1.165, 1.54) is 0 Å². The van der Waals surface area contributed by atoms with Gasteiger partial charge in [-0.1, -0.05) is 6.92 Å². The Labute approximate surface area is 122 Å². The third-order valence-corrected chi connectivity index (χ3v) is 4.26. The Morgan fingerprint density at radius 1 is 1.25 bits per heavy atom. The molecule has 0 spiro atoms. The van der Waals surface area contributed by atoms with E-state index in [0.717, 1.165) is 38.9 Å². The quantitative estimate of drug-likeness (QED) is 0.809. The molecule has 1 aliphatic heterocycles. The van der Waals surface area contributed by atoms with Crippen LogP contribution in [0.3, 0.4) is 0 Å². The third-order valence-electron chi connectivity index (χ3n) is 4.26. The van der Waals surface area contributed by atoms with Gasteiger partial charge < -0.3 is 14.8 Å². The fourth-order valence-corrected chi connectivity index (χ4v) is 3.16. The van der Waals surface area contributed by atoms with Gasteiger partial charge in [0, 0.05) is 18.7 Å². The van der Waals surface area contributed by atoms with Crippen molar-refractivity contribution in [2.75, 3.05) is 13.2 Å². The lowest BCUT2D eigenvalue weighted by molar-refractivity contribution is -0.159. The van der Waals surface area contributed by atoms with E-state index < -0.39 is 0 Å². The van der Waals surface area contributed by atoms with Gasteiger partial charge in [-0.15, -0.1) is 0 Å². The number of esters is 1. The number of carbonyl (C=O) groups is 1. The van der Waals surface area contributed by atoms with Crippen molar-refractivity contribution in [3.63, 3.8) is 0 Å². The highest BCUT2D eigenvalue weighted by molar-refractivity contribution is 5.73. The number of hydrogen-bond acceptors (Lipinski definition) is 4. The Kier molecular flexibility index (Phi) is 5.08. The average Bonchev–Trinajstić information content (AvgIpc) is 2.79. The second-order valence-electron chi connectivity index (χ2n) is 7.35. The van der Waals surface area contributed by atoms with Crippen molar-refractivity contribution in [3.05, 3.63) is 0 Å². The molecule has 2 aliphatic rings. The Morgan fingerprint density at radius 2 is 2.00 bits per heavy atom. The predicted octanol–water partition coefficient (Wildman–Crippen LogP) is 2.51. The van der Waals surface area contributed by atoms with Gasteiger partial charge in [-0.05, 0) is 52.4 Å². The van der Waals surface area contributed by atoms with Crippen LogP contribution in [0.5, 0.6) is 0 Å². The zero-order valence-corrected chi connectivity index (χ0v) is 13.3. The highest BCUT2D eigenvalue weighted by Crippen LogP contribution is 2.29. The van der Waals surface area contributed by atoms with E-state index in [0.29, 0.717) is 18.0 Å². The first-order valence-electron chi connectivity index (χ1n) is 7.92. The lowest BCUT2D eigenvalue weighted by Crippen LogP contribution is -2.45. The van der Waals surface area contributed by atoms with E-state index in [-0.39, 0.29) is 17.5 Å². The minimum atomic E-state index is -0.377. The molecule has 1 N–H and O–H groups in total. The van der Waals surface area contributed by atoms with Crippen LogP contribution in [-0.2, 0) is 14.3 Å². The third kappa shape index (κ3) is 4.45. The normalized spacial score (nSPS) is 35.0. The van der Waals surface area contributed by atoms with Crippen LogP contribution in [0.15, 0.2) is 0 Å². The summed E-state index contributed by atoms with van der Waals surface area (Å²) in [5, 5.41) is 3.73. The first-order valence-corrected chi connectivity index (χ1v) is 7.92. The topological polar surface area (TPSA) is 47.6 Å². The van der Waals surface area contributed by atoms with Crippen LogP contribution in [0, 0.1) is 11.8 Å². The van der Waals surface area contributed by atoms with Crippen molar-refractivity contribution < 1.29 is 14.3 Å². The van der Waals surface area contributed by atoms with Crippen LogP contribution >= 0.6 is 0 Å². The summed E-state index contributed by atoms with van der Waals surface area (Å²) in [6.07, 6.45) is 4.02. The van der Waals surface area contributed by atoms with E-state index in [4.69, 9.17) is 9.47 Å². The van der Waals surface area contributed by atoms with Crippen LogP contribution in [0.4, 0.5) is 0 Å². The summed E-state index contributed by atoms with van der Waals surface area (Å²) in [7, 11) is 0. The SMILES string of the molecule is C[C@@H]1COCC[C@@H]1NC1CC[C@H](C(=O)OC(C)(C)C)C1. The summed E-state index contributed by atoms with van der Waals surface area (Å²) in [5.41, 5.74) is -0.377. The summed E-state index contributed by atoms with van der Waals surface area (Å²) in [6.45, 7) is 9.72. The molecule has 0 radical (unpaired) electrons. The molecule has 2 rings (SSSR count). The Morgan fingerprint density at radius 3 is 2.65 bits per heavy atom. The fourth-order valence-electron chi connectivity index (χ4n) is 3.16. The van der Waals surface area contributed by atoms with Crippen molar-refractivity contribution in [3.8, 4) is 0 Å². The summed E-state index contributed by atoms with van der Waals surface area (Å²) >= 11 is 0. The Balaban J connectivity index is 1.78. The molecule has 2 fully saturated rings. The van der Waals surface area contributed by atoms with Gasteiger partial charge in [0.25, 0.3) is 0 Å². The van der Waals surface area contributed by atoms with Crippen molar-refractivity contribution in [1.82, 2.24) is 5.32 Å². The van der Waals surface area contributed by atoms with E-state index in [2.05, 4.69) is 12.2 Å².